The van der Waals surface area contributed by atoms with Crippen molar-refractivity contribution in [2.24, 2.45) is 0 Å². The molecular formula is C12H15N3O6. The molecule has 9 heteroatoms. The molecule has 0 bridgehead atoms. The van der Waals surface area contributed by atoms with Crippen LogP contribution in [0, 0.1) is 10.1 Å². The number of esters is 1. The zero-order chi connectivity index (χ0) is 15.8. The fraction of sp³-hybridized carbons (Fsp3) is 0.333. The molecule has 0 atom stereocenters. The quantitative estimate of drug-likeness (QED) is 0.314. The summed E-state index contributed by atoms with van der Waals surface area (Å²) in [5, 5.41) is 24.7. The molecule has 0 saturated carbocycles. The van der Waals surface area contributed by atoms with Gasteiger partial charge in [-0.05, 0) is 13.0 Å². The molecular weight excluding hydrogens is 282 g/mol. The number of phenolic OH excluding ortho intramolecular Hbond substituents is 1. The Morgan fingerprint density at radius 2 is 2.14 bits per heavy atom. The molecule has 1 aromatic carbocycles. The number of benzene rings is 1. The molecule has 0 heterocycles. The van der Waals surface area contributed by atoms with E-state index in [4.69, 9.17) is 0 Å². The van der Waals surface area contributed by atoms with Crippen LogP contribution in [0.15, 0.2) is 18.2 Å². The smallest absolute Gasteiger partial charge is 0.319 e. The van der Waals surface area contributed by atoms with Crippen molar-refractivity contribution in [3.05, 3.63) is 28.3 Å². The number of hydrogen-bond donors (Lipinski definition) is 3. The number of nitrogens with one attached hydrogen (secondary N) is 2. The minimum Gasteiger partial charge on any atom is -0.506 e. The van der Waals surface area contributed by atoms with Crippen molar-refractivity contribution >= 4 is 23.4 Å². The Morgan fingerprint density at radius 3 is 2.71 bits per heavy atom. The van der Waals surface area contributed by atoms with Crippen molar-refractivity contribution < 1.29 is 24.4 Å². The minimum atomic E-state index is -0.664. The van der Waals surface area contributed by atoms with Gasteiger partial charge in [-0.2, -0.15) is 0 Å². The van der Waals surface area contributed by atoms with Gasteiger partial charge in [0.1, 0.15) is 5.75 Å². The van der Waals surface area contributed by atoms with Gasteiger partial charge in [0.15, 0.2) is 0 Å². The molecule has 9 nitrogen and oxygen atoms in total. The molecule has 0 saturated heterocycles. The molecule has 2 amide bonds. The fourth-order valence-electron chi connectivity index (χ4n) is 1.42. The molecule has 114 valence electrons. The molecule has 0 aliphatic heterocycles. The molecule has 0 aliphatic rings. The van der Waals surface area contributed by atoms with Crippen LogP contribution in [0.4, 0.5) is 16.2 Å². The first-order chi connectivity index (χ1) is 9.93. The summed E-state index contributed by atoms with van der Waals surface area (Å²) in [6, 6.07) is 2.63. The summed E-state index contributed by atoms with van der Waals surface area (Å²) < 4.78 is 4.68. The predicted octanol–water partition coefficient (Wildman–Crippen LogP) is 1.38. The highest BCUT2D eigenvalue weighted by Crippen LogP contribution is 2.27. The molecule has 0 aliphatic carbocycles. The van der Waals surface area contributed by atoms with Gasteiger partial charge in [0.05, 0.1) is 29.7 Å². The number of hydrogen-bond acceptors (Lipinski definition) is 6. The summed E-state index contributed by atoms with van der Waals surface area (Å²) in [6.07, 6.45) is 0.0213. The minimum absolute atomic E-state index is 0.0213. The maximum atomic E-state index is 11.5. The molecule has 0 fully saturated rings. The average molecular weight is 297 g/mol. The lowest BCUT2D eigenvalue weighted by molar-refractivity contribution is -0.384. The Balaban J connectivity index is 2.48. The van der Waals surface area contributed by atoms with Crippen molar-refractivity contribution in [1.82, 2.24) is 5.32 Å². The third-order valence-electron chi connectivity index (χ3n) is 2.36. The number of rotatable bonds is 6. The lowest BCUT2D eigenvalue weighted by Crippen LogP contribution is -2.30. The van der Waals surface area contributed by atoms with E-state index in [0.29, 0.717) is 0 Å². The molecule has 0 radical (unpaired) electrons. The van der Waals surface area contributed by atoms with Crippen LogP contribution in [-0.2, 0) is 9.53 Å². The molecule has 1 rings (SSSR count). The van der Waals surface area contributed by atoms with Gasteiger partial charge in [-0.3, -0.25) is 14.9 Å². The number of aromatic hydroxyl groups is 1. The second kappa shape index (κ2) is 7.68. The summed E-state index contributed by atoms with van der Waals surface area (Å²) in [5.74, 6) is -0.860. The van der Waals surface area contributed by atoms with Crippen LogP contribution >= 0.6 is 0 Å². The molecule has 0 aromatic heterocycles. The van der Waals surface area contributed by atoms with Crippen molar-refractivity contribution in [2.75, 3.05) is 18.5 Å². The fourth-order valence-corrected chi connectivity index (χ4v) is 1.42. The molecule has 3 N–H and O–H groups in total. The molecule has 21 heavy (non-hydrogen) atoms. The van der Waals surface area contributed by atoms with E-state index in [1.807, 2.05) is 0 Å². The van der Waals surface area contributed by atoms with Gasteiger partial charge >= 0.3 is 12.0 Å². The molecule has 1 aromatic rings. The van der Waals surface area contributed by atoms with Gasteiger partial charge < -0.3 is 20.5 Å². The zero-order valence-corrected chi connectivity index (χ0v) is 11.3. The summed E-state index contributed by atoms with van der Waals surface area (Å²) in [4.78, 5) is 32.4. The van der Waals surface area contributed by atoms with Crippen LogP contribution in [-0.4, -0.2) is 35.2 Å². The number of nitro groups is 1. The monoisotopic (exact) mass is 297 g/mol. The van der Waals surface area contributed by atoms with Gasteiger partial charge in [-0.25, -0.2) is 4.79 Å². The lowest BCUT2D eigenvalue weighted by atomic mass is 10.2. The van der Waals surface area contributed by atoms with Crippen LogP contribution in [0.1, 0.15) is 13.3 Å². The Labute approximate surface area is 120 Å². The summed E-state index contributed by atoms with van der Waals surface area (Å²) in [7, 11) is 0. The number of carbonyl (C=O) groups excluding carboxylic acids is 2. The van der Waals surface area contributed by atoms with Gasteiger partial charge in [0, 0.05) is 12.6 Å². The number of non-ortho nitro benzene ring substituents is 1. The number of ether oxygens (including phenoxy) is 1. The van der Waals surface area contributed by atoms with E-state index >= 15 is 0 Å². The number of nitro benzene ring substituents is 1. The largest absolute Gasteiger partial charge is 0.506 e. The summed E-state index contributed by atoms with van der Waals surface area (Å²) in [5.41, 5.74) is -0.269. The Kier molecular flexibility index (Phi) is 5.93. The zero-order valence-electron chi connectivity index (χ0n) is 11.3. The highest BCUT2D eigenvalue weighted by atomic mass is 16.6. The number of amides is 2. The predicted molar refractivity (Wildman–Crippen MR) is 73.0 cm³/mol. The van der Waals surface area contributed by atoms with Crippen LogP contribution in [0.25, 0.3) is 0 Å². The standard InChI is InChI=1S/C12H15N3O6/c1-2-21-11(17)5-6-13-12(18)14-9-4-3-8(15(19)20)7-10(9)16/h3-4,7,16H,2,5-6H2,1H3,(H2,13,14,18). The second-order valence-corrected chi connectivity index (χ2v) is 3.89. The first kappa shape index (κ1) is 16.2. The van der Waals surface area contributed by atoms with E-state index in [-0.39, 0.29) is 30.9 Å². The van der Waals surface area contributed by atoms with Crippen molar-refractivity contribution in [2.45, 2.75) is 13.3 Å². The van der Waals surface area contributed by atoms with Gasteiger partial charge in [0.2, 0.25) is 0 Å². The Bertz CT molecular complexity index is 546. The third-order valence-corrected chi connectivity index (χ3v) is 2.36. The first-order valence-corrected chi connectivity index (χ1v) is 6.12. The van der Waals surface area contributed by atoms with Crippen LogP contribution < -0.4 is 10.6 Å². The van der Waals surface area contributed by atoms with Crippen LogP contribution in [0.5, 0.6) is 5.75 Å². The summed E-state index contributed by atoms with van der Waals surface area (Å²) >= 11 is 0. The van der Waals surface area contributed by atoms with E-state index in [9.17, 15) is 24.8 Å². The van der Waals surface area contributed by atoms with E-state index in [1.165, 1.54) is 6.07 Å². The number of phenols is 1. The van der Waals surface area contributed by atoms with Crippen molar-refractivity contribution in [3.8, 4) is 5.75 Å². The van der Waals surface area contributed by atoms with E-state index < -0.39 is 22.7 Å². The Morgan fingerprint density at radius 1 is 1.43 bits per heavy atom. The number of carbonyl (C=O) groups is 2. The number of nitrogens with zero attached hydrogens (tertiary/aromatic N) is 1. The van der Waals surface area contributed by atoms with Gasteiger partial charge in [-0.1, -0.05) is 0 Å². The van der Waals surface area contributed by atoms with E-state index in [2.05, 4.69) is 15.4 Å². The van der Waals surface area contributed by atoms with E-state index in [1.54, 1.807) is 6.92 Å². The normalized spacial score (nSPS) is 9.76. The highest BCUT2D eigenvalue weighted by Gasteiger charge is 2.12. The molecule has 0 spiro atoms. The second-order valence-electron chi connectivity index (χ2n) is 3.89. The van der Waals surface area contributed by atoms with Crippen LogP contribution in [0.3, 0.4) is 0 Å². The summed E-state index contributed by atoms with van der Waals surface area (Å²) in [6.45, 7) is 2.01. The number of urea groups is 1. The Hall–Kier alpha value is -2.84. The van der Waals surface area contributed by atoms with Gasteiger partial charge in [0.25, 0.3) is 5.69 Å². The lowest BCUT2D eigenvalue weighted by Gasteiger charge is -2.08. The number of anilines is 1. The van der Waals surface area contributed by atoms with Crippen molar-refractivity contribution in [3.63, 3.8) is 0 Å². The maximum absolute atomic E-state index is 11.5. The third kappa shape index (κ3) is 5.35. The topological polar surface area (TPSA) is 131 Å². The van der Waals surface area contributed by atoms with Gasteiger partial charge in [-0.15, -0.1) is 0 Å². The molecule has 0 unspecified atom stereocenters. The van der Waals surface area contributed by atoms with Crippen molar-refractivity contribution in [1.29, 1.82) is 0 Å². The first-order valence-electron chi connectivity index (χ1n) is 6.12. The maximum Gasteiger partial charge on any atom is 0.319 e. The van der Waals surface area contributed by atoms with E-state index in [0.717, 1.165) is 12.1 Å². The average Bonchev–Trinajstić information content (AvgIpc) is 2.41. The van der Waals surface area contributed by atoms with Crippen LogP contribution in [0.2, 0.25) is 0 Å². The SMILES string of the molecule is CCOC(=O)CCNC(=O)Nc1ccc([N+](=O)[O-])cc1O. The highest BCUT2D eigenvalue weighted by molar-refractivity contribution is 5.91.